The molecule has 0 amide bonds. The first kappa shape index (κ1) is 21.7. The van der Waals surface area contributed by atoms with Crippen LogP contribution in [-0.2, 0) is 18.6 Å². The molecule has 2 aliphatic rings. The third-order valence-electron chi connectivity index (χ3n) is 6.00. The maximum absolute atomic E-state index is 10.8. The minimum atomic E-state index is -2.68. The van der Waals surface area contributed by atoms with E-state index in [4.69, 9.17) is 18.6 Å². The highest BCUT2D eigenvalue weighted by molar-refractivity contribution is 6.99. The quantitative estimate of drug-likeness (QED) is 0.742. The maximum Gasteiger partial charge on any atom is 0.261 e. The molecule has 2 aromatic rings. The molecule has 0 unspecified atom stereocenters. The predicted molar refractivity (Wildman–Crippen MR) is 118 cm³/mol. The molecular formula is C24H32O5Si. The van der Waals surface area contributed by atoms with Crippen molar-refractivity contribution in [3.05, 3.63) is 60.7 Å². The van der Waals surface area contributed by atoms with E-state index in [9.17, 15) is 5.11 Å². The molecular weight excluding hydrogens is 396 g/mol. The highest BCUT2D eigenvalue weighted by Gasteiger charge is 2.56. The summed E-state index contributed by atoms with van der Waals surface area (Å²) < 4.78 is 24.5. The zero-order valence-corrected chi connectivity index (χ0v) is 19.4. The van der Waals surface area contributed by atoms with E-state index in [-0.39, 0.29) is 11.6 Å². The summed E-state index contributed by atoms with van der Waals surface area (Å²) in [7, 11) is -2.68. The predicted octanol–water partition coefficient (Wildman–Crippen LogP) is 2.80. The number of hydrogen-bond donors (Lipinski definition) is 1. The third-order valence-corrected chi connectivity index (χ3v) is 11.0. The van der Waals surface area contributed by atoms with Crippen LogP contribution in [0.2, 0.25) is 5.04 Å². The average molecular weight is 429 g/mol. The topological polar surface area (TPSA) is 57.2 Å². The van der Waals surface area contributed by atoms with Crippen LogP contribution >= 0.6 is 0 Å². The molecule has 6 heteroatoms. The van der Waals surface area contributed by atoms with E-state index in [1.54, 1.807) is 0 Å². The minimum absolute atomic E-state index is 0.135. The van der Waals surface area contributed by atoms with Crippen molar-refractivity contribution >= 4 is 18.7 Å². The first-order valence-corrected chi connectivity index (χ1v) is 12.5. The number of ether oxygens (including phenoxy) is 3. The zero-order valence-electron chi connectivity index (χ0n) is 18.4. The Kier molecular flexibility index (Phi) is 5.68. The van der Waals surface area contributed by atoms with Crippen LogP contribution < -0.4 is 10.4 Å². The number of aliphatic hydroxyl groups is 1. The van der Waals surface area contributed by atoms with Crippen molar-refractivity contribution in [2.24, 2.45) is 0 Å². The monoisotopic (exact) mass is 428 g/mol. The SMILES string of the molecule is CC1(C)O[C@@H]2O[C@@H](CO[Si](c3ccccc3)(c3ccccc3)C(C)(C)C)[C@H](O)[C@@H]2O1. The lowest BCUT2D eigenvalue weighted by molar-refractivity contribution is -0.217. The lowest BCUT2D eigenvalue weighted by Crippen LogP contribution is -2.67. The van der Waals surface area contributed by atoms with Gasteiger partial charge in [0, 0.05) is 0 Å². The zero-order chi connectivity index (χ0) is 21.6. The van der Waals surface area contributed by atoms with E-state index >= 15 is 0 Å². The molecule has 4 atom stereocenters. The van der Waals surface area contributed by atoms with Gasteiger partial charge in [0.15, 0.2) is 12.1 Å². The van der Waals surface area contributed by atoms with Gasteiger partial charge in [-0.3, -0.25) is 0 Å². The number of aliphatic hydroxyl groups excluding tert-OH is 1. The molecule has 1 N–H and O–H groups in total. The van der Waals surface area contributed by atoms with Crippen molar-refractivity contribution in [2.75, 3.05) is 6.61 Å². The molecule has 162 valence electrons. The van der Waals surface area contributed by atoms with Crippen LogP contribution in [0.1, 0.15) is 34.6 Å². The highest BCUT2D eigenvalue weighted by atomic mass is 28.4. The lowest BCUT2D eigenvalue weighted by atomic mass is 10.1. The van der Waals surface area contributed by atoms with Gasteiger partial charge in [-0.2, -0.15) is 0 Å². The second kappa shape index (κ2) is 7.86. The van der Waals surface area contributed by atoms with Crippen molar-refractivity contribution in [3.8, 4) is 0 Å². The van der Waals surface area contributed by atoms with Crippen LogP contribution in [0.3, 0.4) is 0 Å². The van der Waals surface area contributed by atoms with Gasteiger partial charge in [0.1, 0.15) is 18.3 Å². The Balaban J connectivity index is 1.65. The van der Waals surface area contributed by atoms with Gasteiger partial charge in [0.25, 0.3) is 8.32 Å². The summed E-state index contributed by atoms with van der Waals surface area (Å²) in [6, 6.07) is 20.9. The molecule has 4 rings (SSSR count). The molecule has 0 aromatic heterocycles. The molecule has 0 bridgehead atoms. The fourth-order valence-electron chi connectivity index (χ4n) is 4.66. The van der Waals surface area contributed by atoms with Crippen molar-refractivity contribution in [1.82, 2.24) is 0 Å². The molecule has 0 saturated carbocycles. The van der Waals surface area contributed by atoms with E-state index in [1.165, 1.54) is 10.4 Å². The summed E-state index contributed by atoms with van der Waals surface area (Å²) in [4.78, 5) is 0. The van der Waals surface area contributed by atoms with Gasteiger partial charge in [0.05, 0.1) is 6.61 Å². The van der Waals surface area contributed by atoms with E-state index in [0.717, 1.165) is 0 Å². The van der Waals surface area contributed by atoms with Gasteiger partial charge in [-0.1, -0.05) is 81.4 Å². The summed E-state index contributed by atoms with van der Waals surface area (Å²) in [6.07, 6.45) is -2.36. The van der Waals surface area contributed by atoms with Gasteiger partial charge in [-0.05, 0) is 29.3 Å². The van der Waals surface area contributed by atoms with Gasteiger partial charge < -0.3 is 23.7 Å². The highest BCUT2D eigenvalue weighted by Crippen LogP contribution is 2.40. The van der Waals surface area contributed by atoms with Gasteiger partial charge >= 0.3 is 0 Å². The summed E-state index contributed by atoms with van der Waals surface area (Å²) in [5.41, 5.74) is 0. The smallest absolute Gasteiger partial charge is 0.261 e. The van der Waals surface area contributed by atoms with Crippen LogP contribution in [0.5, 0.6) is 0 Å². The first-order valence-electron chi connectivity index (χ1n) is 10.6. The van der Waals surface area contributed by atoms with E-state index in [1.807, 2.05) is 26.0 Å². The average Bonchev–Trinajstić information content (AvgIpc) is 3.15. The molecule has 2 heterocycles. The van der Waals surface area contributed by atoms with Crippen LogP contribution in [0.4, 0.5) is 0 Å². The molecule has 2 saturated heterocycles. The number of fused-ring (bicyclic) bond motifs is 1. The Bertz CT molecular complexity index is 809. The molecule has 5 nitrogen and oxygen atoms in total. The lowest BCUT2D eigenvalue weighted by Gasteiger charge is -2.43. The van der Waals surface area contributed by atoms with Crippen LogP contribution in [0, 0.1) is 0 Å². The van der Waals surface area contributed by atoms with Gasteiger partial charge in [-0.25, -0.2) is 0 Å². The molecule has 0 aliphatic carbocycles. The van der Waals surface area contributed by atoms with E-state index in [2.05, 4.69) is 69.3 Å². The number of hydrogen-bond acceptors (Lipinski definition) is 5. The summed E-state index contributed by atoms with van der Waals surface area (Å²) in [5.74, 6) is -0.750. The molecule has 2 aromatic carbocycles. The first-order chi connectivity index (χ1) is 14.1. The van der Waals surface area contributed by atoms with Crippen LogP contribution in [0.25, 0.3) is 0 Å². The molecule has 2 fully saturated rings. The largest absolute Gasteiger partial charge is 0.405 e. The Labute approximate surface area is 180 Å². The minimum Gasteiger partial charge on any atom is -0.405 e. The number of rotatable bonds is 5. The Morgan fingerprint density at radius 1 is 0.933 bits per heavy atom. The van der Waals surface area contributed by atoms with Gasteiger partial charge in [0.2, 0.25) is 0 Å². The van der Waals surface area contributed by atoms with Gasteiger partial charge in [-0.15, -0.1) is 0 Å². The summed E-state index contributed by atoms with van der Waals surface area (Å²) in [6.45, 7) is 10.6. The molecule has 2 aliphatic heterocycles. The van der Waals surface area contributed by atoms with E-state index in [0.29, 0.717) is 0 Å². The Morgan fingerprint density at radius 2 is 1.47 bits per heavy atom. The maximum atomic E-state index is 10.8. The van der Waals surface area contributed by atoms with Crippen LogP contribution in [-0.4, -0.2) is 50.4 Å². The molecule has 0 radical (unpaired) electrons. The van der Waals surface area contributed by atoms with Crippen molar-refractivity contribution in [1.29, 1.82) is 0 Å². The molecule has 0 spiro atoms. The summed E-state index contributed by atoms with van der Waals surface area (Å²) >= 11 is 0. The van der Waals surface area contributed by atoms with Crippen molar-refractivity contribution in [3.63, 3.8) is 0 Å². The Hall–Kier alpha value is -1.54. The fraction of sp³-hybridized carbons (Fsp3) is 0.500. The fourth-order valence-corrected chi connectivity index (χ4v) is 9.23. The van der Waals surface area contributed by atoms with Crippen molar-refractivity contribution in [2.45, 2.75) is 70.0 Å². The normalized spacial score (nSPS) is 28.5. The Morgan fingerprint density at radius 3 is 1.93 bits per heavy atom. The second-order valence-corrected chi connectivity index (χ2v) is 13.9. The summed E-state index contributed by atoms with van der Waals surface area (Å²) in [5, 5.41) is 13.1. The second-order valence-electron chi connectivity index (χ2n) is 9.61. The van der Waals surface area contributed by atoms with Crippen molar-refractivity contribution < 1.29 is 23.7 Å². The van der Waals surface area contributed by atoms with E-state index < -0.39 is 38.7 Å². The van der Waals surface area contributed by atoms with Crippen LogP contribution in [0.15, 0.2) is 60.7 Å². The number of benzene rings is 2. The third kappa shape index (κ3) is 3.77. The standard InChI is InChI=1S/C24H32O5Si/c1-23(2,3)30(17-12-8-6-9-13-17,18-14-10-7-11-15-18)26-16-19-20(25)21-22(27-19)29-24(4,5)28-21/h6-15,19-22,25H,16H2,1-5H3/t19-,20-,21-,22-/m0/s1. The molecule has 30 heavy (non-hydrogen) atoms.